The molecule has 4 nitrogen and oxygen atoms in total. The third kappa shape index (κ3) is 3.89. The number of carbonyl (C=O) groups is 1. The van der Waals surface area contributed by atoms with E-state index in [1.165, 1.54) is 14.0 Å². The fourth-order valence-corrected chi connectivity index (χ4v) is 2.34. The van der Waals surface area contributed by atoms with Crippen LogP contribution in [0.2, 0.25) is 0 Å². The molecule has 6 heteroatoms. The lowest BCUT2D eigenvalue weighted by Gasteiger charge is -2.24. The number of amides is 1. The van der Waals surface area contributed by atoms with Gasteiger partial charge in [0.25, 0.3) is 5.91 Å². The molecular formula is C18H19F2NO3. The number of ether oxygens (including phenoxy) is 1. The molecular weight excluding hydrogens is 316 g/mol. The summed E-state index contributed by atoms with van der Waals surface area (Å²) in [4.78, 5) is 12.2. The molecule has 0 fully saturated rings. The first-order chi connectivity index (χ1) is 11.2. The van der Waals surface area contributed by atoms with Crippen LogP contribution in [0.3, 0.4) is 0 Å². The summed E-state index contributed by atoms with van der Waals surface area (Å²) in [5.74, 6) is -1.47. The van der Waals surface area contributed by atoms with Crippen LogP contribution in [0.5, 0.6) is 5.75 Å². The first-order valence-corrected chi connectivity index (χ1v) is 7.35. The third-order valence-corrected chi connectivity index (χ3v) is 3.77. The predicted molar refractivity (Wildman–Crippen MR) is 86.0 cm³/mol. The monoisotopic (exact) mass is 335 g/mol. The lowest BCUT2D eigenvalue weighted by Crippen LogP contribution is -2.39. The summed E-state index contributed by atoms with van der Waals surface area (Å²) in [5.41, 5.74) is -0.532. The zero-order valence-corrected chi connectivity index (χ0v) is 13.7. The zero-order valence-electron chi connectivity index (χ0n) is 13.7. The van der Waals surface area contributed by atoms with Gasteiger partial charge in [-0.05, 0) is 37.6 Å². The number of hydrogen-bond donors (Lipinski definition) is 2. The minimum absolute atomic E-state index is 0.0920. The number of halogens is 2. The van der Waals surface area contributed by atoms with Crippen molar-refractivity contribution in [3.8, 4) is 5.75 Å². The van der Waals surface area contributed by atoms with E-state index in [0.717, 1.165) is 17.7 Å². The molecule has 0 spiro atoms. The average Bonchev–Trinajstić information content (AvgIpc) is 2.52. The highest BCUT2D eigenvalue weighted by molar-refractivity contribution is 5.94. The molecule has 0 aliphatic carbocycles. The fourth-order valence-electron chi connectivity index (χ4n) is 2.34. The molecule has 2 rings (SSSR count). The smallest absolute Gasteiger partial charge is 0.251 e. The molecule has 24 heavy (non-hydrogen) atoms. The van der Waals surface area contributed by atoms with Gasteiger partial charge in [0.2, 0.25) is 0 Å². The summed E-state index contributed by atoms with van der Waals surface area (Å²) in [6.45, 7) is 2.96. The number of nitrogens with one attached hydrogen (secondary N) is 1. The first-order valence-electron chi connectivity index (χ1n) is 7.35. The van der Waals surface area contributed by atoms with Crippen LogP contribution in [0.1, 0.15) is 28.4 Å². The van der Waals surface area contributed by atoms with Crippen molar-refractivity contribution in [1.29, 1.82) is 0 Å². The molecule has 1 amide bonds. The second kappa shape index (κ2) is 6.97. The number of rotatable bonds is 5. The van der Waals surface area contributed by atoms with Gasteiger partial charge in [-0.25, -0.2) is 8.78 Å². The van der Waals surface area contributed by atoms with Gasteiger partial charge in [-0.3, -0.25) is 4.79 Å². The minimum atomic E-state index is -1.68. The molecule has 1 unspecified atom stereocenters. The Morgan fingerprint density at radius 3 is 2.58 bits per heavy atom. The van der Waals surface area contributed by atoms with Gasteiger partial charge in [-0.1, -0.05) is 12.1 Å². The Bertz CT molecular complexity index is 760. The van der Waals surface area contributed by atoms with Gasteiger partial charge in [-0.2, -0.15) is 0 Å². The maximum atomic E-state index is 13.8. The Balaban J connectivity index is 2.12. The van der Waals surface area contributed by atoms with Gasteiger partial charge >= 0.3 is 0 Å². The van der Waals surface area contributed by atoms with Gasteiger partial charge in [-0.15, -0.1) is 0 Å². The normalized spacial score (nSPS) is 13.2. The van der Waals surface area contributed by atoms with Crippen LogP contribution in [-0.2, 0) is 5.60 Å². The van der Waals surface area contributed by atoms with Crippen LogP contribution in [0.15, 0.2) is 36.4 Å². The molecule has 0 bridgehead atoms. The number of methoxy groups -OCH3 is 1. The maximum Gasteiger partial charge on any atom is 0.251 e. The molecule has 128 valence electrons. The van der Waals surface area contributed by atoms with Crippen molar-refractivity contribution in [2.45, 2.75) is 19.4 Å². The van der Waals surface area contributed by atoms with Gasteiger partial charge in [0.15, 0.2) is 0 Å². The lowest BCUT2D eigenvalue weighted by atomic mass is 9.95. The molecule has 1 atom stereocenters. The molecule has 0 saturated carbocycles. The van der Waals surface area contributed by atoms with Gasteiger partial charge in [0.05, 0.1) is 13.7 Å². The SMILES string of the molecule is COc1cc(C(=O)NCC(C)(O)c2ccc(F)cc2F)ccc1C. The van der Waals surface area contributed by atoms with E-state index in [1.807, 2.05) is 6.92 Å². The van der Waals surface area contributed by atoms with E-state index in [1.54, 1.807) is 18.2 Å². The largest absolute Gasteiger partial charge is 0.496 e. The third-order valence-electron chi connectivity index (χ3n) is 3.77. The van der Waals surface area contributed by atoms with E-state index >= 15 is 0 Å². The van der Waals surface area contributed by atoms with E-state index in [9.17, 15) is 18.7 Å². The summed E-state index contributed by atoms with van der Waals surface area (Å²) in [5, 5.41) is 12.9. The van der Waals surface area contributed by atoms with Gasteiger partial charge in [0, 0.05) is 17.2 Å². The number of hydrogen-bond acceptors (Lipinski definition) is 3. The van der Waals surface area contributed by atoms with Crippen molar-refractivity contribution in [1.82, 2.24) is 5.32 Å². The van der Waals surface area contributed by atoms with E-state index in [2.05, 4.69) is 5.32 Å². The van der Waals surface area contributed by atoms with Crippen LogP contribution >= 0.6 is 0 Å². The highest BCUT2D eigenvalue weighted by atomic mass is 19.1. The standard InChI is InChI=1S/C18H19F2NO3/c1-11-4-5-12(8-16(11)24-3)17(22)21-10-18(2,23)14-7-6-13(19)9-15(14)20/h4-9,23H,10H2,1-3H3,(H,21,22). The van der Waals surface area contributed by atoms with Crippen molar-refractivity contribution < 1.29 is 23.4 Å². The van der Waals surface area contributed by atoms with Crippen molar-refractivity contribution in [3.63, 3.8) is 0 Å². The number of aliphatic hydroxyl groups is 1. The molecule has 0 radical (unpaired) electrons. The molecule has 2 N–H and O–H groups in total. The first kappa shape index (κ1) is 17.9. The number of aryl methyl sites for hydroxylation is 1. The number of benzene rings is 2. The Labute approximate surface area is 139 Å². The maximum absolute atomic E-state index is 13.8. The van der Waals surface area contributed by atoms with Crippen molar-refractivity contribution >= 4 is 5.91 Å². The van der Waals surface area contributed by atoms with E-state index in [-0.39, 0.29) is 12.1 Å². The quantitative estimate of drug-likeness (QED) is 0.883. The highest BCUT2D eigenvalue weighted by Crippen LogP contribution is 2.24. The summed E-state index contributed by atoms with van der Waals surface area (Å²) < 4.78 is 31.9. The summed E-state index contributed by atoms with van der Waals surface area (Å²) in [6, 6.07) is 7.85. The fraction of sp³-hybridized carbons (Fsp3) is 0.278. The highest BCUT2D eigenvalue weighted by Gasteiger charge is 2.27. The molecule has 0 saturated heterocycles. The van der Waals surface area contributed by atoms with E-state index in [0.29, 0.717) is 17.4 Å². The molecule has 0 aromatic heterocycles. The Morgan fingerprint density at radius 1 is 1.25 bits per heavy atom. The predicted octanol–water partition coefficient (Wildman–Crippen LogP) is 2.92. The molecule has 0 heterocycles. The second-order valence-electron chi connectivity index (χ2n) is 5.77. The topological polar surface area (TPSA) is 58.6 Å². The van der Waals surface area contributed by atoms with Crippen molar-refractivity contribution in [3.05, 3.63) is 64.7 Å². The van der Waals surface area contributed by atoms with Crippen molar-refractivity contribution in [2.24, 2.45) is 0 Å². The average molecular weight is 335 g/mol. The van der Waals surface area contributed by atoms with Crippen LogP contribution in [0, 0.1) is 18.6 Å². The van der Waals surface area contributed by atoms with Crippen LogP contribution < -0.4 is 10.1 Å². The molecule has 2 aromatic carbocycles. The van der Waals surface area contributed by atoms with Crippen LogP contribution in [0.25, 0.3) is 0 Å². The summed E-state index contributed by atoms with van der Waals surface area (Å²) >= 11 is 0. The van der Waals surface area contributed by atoms with E-state index in [4.69, 9.17) is 4.74 Å². The molecule has 2 aromatic rings. The molecule has 0 aliphatic rings. The zero-order chi connectivity index (χ0) is 17.9. The second-order valence-corrected chi connectivity index (χ2v) is 5.77. The van der Waals surface area contributed by atoms with Crippen molar-refractivity contribution in [2.75, 3.05) is 13.7 Å². The van der Waals surface area contributed by atoms with Crippen LogP contribution in [0.4, 0.5) is 8.78 Å². The summed E-state index contributed by atoms with van der Waals surface area (Å²) in [7, 11) is 1.51. The van der Waals surface area contributed by atoms with Crippen LogP contribution in [-0.4, -0.2) is 24.7 Å². The Hall–Kier alpha value is -2.47. The van der Waals surface area contributed by atoms with E-state index < -0.39 is 23.1 Å². The van der Waals surface area contributed by atoms with Gasteiger partial charge < -0.3 is 15.2 Å². The lowest BCUT2D eigenvalue weighted by molar-refractivity contribution is 0.0494. The molecule has 0 aliphatic heterocycles. The Kier molecular flexibility index (Phi) is 5.19. The minimum Gasteiger partial charge on any atom is -0.496 e. The summed E-state index contributed by atoms with van der Waals surface area (Å²) in [6.07, 6.45) is 0. The number of carbonyl (C=O) groups excluding carboxylic acids is 1. The Morgan fingerprint density at radius 2 is 1.96 bits per heavy atom. The van der Waals surface area contributed by atoms with Gasteiger partial charge in [0.1, 0.15) is 23.0 Å².